The van der Waals surface area contributed by atoms with Gasteiger partial charge in [0.25, 0.3) is 11.8 Å². The van der Waals surface area contributed by atoms with E-state index in [1.54, 1.807) is 0 Å². The molecule has 0 atom stereocenters. The van der Waals surface area contributed by atoms with Crippen LogP contribution in [0.4, 0.5) is 5.69 Å². The molecule has 0 aliphatic carbocycles. The average Bonchev–Trinajstić information content (AvgIpc) is 3.32. The van der Waals surface area contributed by atoms with Gasteiger partial charge in [-0.3, -0.25) is 19.4 Å². The molecule has 5 rings (SSSR count). The Hall–Kier alpha value is -2.96. The molecule has 2 aromatic rings. The average molecular weight is 432 g/mol. The predicted octanol–water partition coefficient (Wildman–Crippen LogP) is 2.78. The number of benzene rings is 2. The predicted molar refractivity (Wildman–Crippen MR) is 124 cm³/mol. The number of aryl methyl sites for hydroxylation is 2. The van der Waals surface area contributed by atoms with Crippen molar-refractivity contribution in [1.82, 2.24) is 9.80 Å². The van der Waals surface area contributed by atoms with Crippen LogP contribution in [0.5, 0.6) is 0 Å². The van der Waals surface area contributed by atoms with Crippen LogP contribution < -0.4 is 4.90 Å². The zero-order chi connectivity index (χ0) is 22.2. The van der Waals surface area contributed by atoms with E-state index in [1.807, 2.05) is 44.2 Å². The number of anilines is 1. The summed E-state index contributed by atoms with van der Waals surface area (Å²) in [6.07, 6.45) is 0.870. The maximum absolute atomic E-state index is 13.7. The van der Waals surface area contributed by atoms with Crippen LogP contribution >= 0.6 is 0 Å². The second-order valence-electron chi connectivity index (χ2n) is 8.79. The van der Waals surface area contributed by atoms with E-state index in [-0.39, 0.29) is 11.8 Å². The minimum Gasteiger partial charge on any atom is -0.379 e. The van der Waals surface area contributed by atoms with E-state index >= 15 is 0 Å². The van der Waals surface area contributed by atoms with E-state index in [1.165, 1.54) is 10.5 Å². The van der Waals surface area contributed by atoms with Crippen LogP contribution in [0.2, 0.25) is 0 Å². The molecule has 1 fully saturated rings. The minimum absolute atomic E-state index is 0.185. The van der Waals surface area contributed by atoms with Crippen molar-refractivity contribution in [2.75, 3.05) is 50.8 Å². The number of carbonyl (C=O) groups is 2. The molecule has 0 aromatic heterocycles. The van der Waals surface area contributed by atoms with Gasteiger partial charge in [0, 0.05) is 38.4 Å². The van der Waals surface area contributed by atoms with Gasteiger partial charge in [-0.15, -0.1) is 0 Å². The van der Waals surface area contributed by atoms with Gasteiger partial charge in [-0.2, -0.15) is 0 Å². The fraction of sp³-hybridized carbons (Fsp3) is 0.385. The summed E-state index contributed by atoms with van der Waals surface area (Å²) in [4.78, 5) is 33.1. The van der Waals surface area contributed by atoms with Crippen molar-refractivity contribution in [2.24, 2.45) is 0 Å². The Morgan fingerprint density at radius 3 is 2.47 bits per heavy atom. The zero-order valence-electron chi connectivity index (χ0n) is 18.8. The van der Waals surface area contributed by atoms with E-state index in [0.717, 1.165) is 41.9 Å². The van der Waals surface area contributed by atoms with Gasteiger partial charge in [0.2, 0.25) is 0 Å². The summed E-state index contributed by atoms with van der Waals surface area (Å²) < 4.78 is 5.43. The summed E-state index contributed by atoms with van der Waals surface area (Å²) in [7, 11) is 0. The van der Waals surface area contributed by atoms with Crippen molar-refractivity contribution >= 4 is 23.1 Å². The highest BCUT2D eigenvalue weighted by Crippen LogP contribution is 2.39. The molecule has 1 saturated heterocycles. The highest BCUT2D eigenvalue weighted by Gasteiger charge is 2.43. The number of amides is 2. The summed E-state index contributed by atoms with van der Waals surface area (Å²) in [5.41, 5.74) is 6.30. The molecule has 0 spiro atoms. The number of nitrogens with zero attached hydrogens (tertiary/aromatic N) is 3. The third-order valence-corrected chi connectivity index (χ3v) is 6.70. The number of fused-ring (bicyclic) bond motifs is 1. The first kappa shape index (κ1) is 20.9. The van der Waals surface area contributed by atoms with E-state index in [4.69, 9.17) is 4.74 Å². The number of hydrogen-bond donors (Lipinski definition) is 0. The molecule has 0 bridgehead atoms. The van der Waals surface area contributed by atoms with Crippen molar-refractivity contribution < 1.29 is 14.3 Å². The van der Waals surface area contributed by atoms with Gasteiger partial charge in [0.05, 0.1) is 18.8 Å². The molecule has 0 N–H and O–H groups in total. The smallest absolute Gasteiger partial charge is 0.278 e. The lowest BCUT2D eigenvalue weighted by atomic mass is 9.97. The fourth-order valence-corrected chi connectivity index (χ4v) is 4.99. The lowest BCUT2D eigenvalue weighted by molar-refractivity contribution is -0.137. The summed E-state index contributed by atoms with van der Waals surface area (Å²) in [5, 5.41) is 0. The second-order valence-corrected chi connectivity index (χ2v) is 8.79. The molecule has 3 aliphatic rings. The van der Waals surface area contributed by atoms with Crippen molar-refractivity contribution in [3.8, 4) is 0 Å². The van der Waals surface area contributed by atoms with Crippen LogP contribution in [0, 0.1) is 13.8 Å². The molecule has 2 amide bonds. The van der Waals surface area contributed by atoms with Gasteiger partial charge in [-0.25, -0.2) is 0 Å². The Balaban J connectivity index is 1.53. The molecule has 6 heteroatoms. The van der Waals surface area contributed by atoms with Crippen molar-refractivity contribution in [3.63, 3.8) is 0 Å². The number of ether oxygens (including phenoxy) is 1. The van der Waals surface area contributed by atoms with Gasteiger partial charge in [-0.1, -0.05) is 42.0 Å². The van der Waals surface area contributed by atoms with Crippen LogP contribution in [-0.2, 0) is 20.7 Å². The van der Waals surface area contributed by atoms with Crippen molar-refractivity contribution in [2.45, 2.75) is 20.3 Å². The Morgan fingerprint density at radius 2 is 1.69 bits per heavy atom. The van der Waals surface area contributed by atoms with Crippen LogP contribution in [0.25, 0.3) is 5.57 Å². The molecule has 2 aromatic carbocycles. The molecule has 0 saturated carbocycles. The third-order valence-electron chi connectivity index (χ3n) is 6.70. The maximum atomic E-state index is 13.7. The number of morpholine rings is 1. The lowest BCUT2D eigenvalue weighted by Crippen LogP contribution is -2.44. The molecule has 3 aliphatic heterocycles. The molecule has 166 valence electrons. The van der Waals surface area contributed by atoms with E-state index < -0.39 is 0 Å². The van der Waals surface area contributed by atoms with Crippen molar-refractivity contribution in [3.05, 3.63) is 70.4 Å². The van der Waals surface area contributed by atoms with E-state index in [2.05, 4.69) is 21.9 Å². The van der Waals surface area contributed by atoms with Crippen molar-refractivity contribution in [1.29, 1.82) is 0 Å². The summed E-state index contributed by atoms with van der Waals surface area (Å²) in [6, 6.07) is 14.2. The van der Waals surface area contributed by atoms with Gasteiger partial charge >= 0.3 is 0 Å². The quantitative estimate of drug-likeness (QED) is 0.682. The van der Waals surface area contributed by atoms with Crippen LogP contribution in [0.15, 0.2) is 48.2 Å². The summed E-state index contributed by atoms with van der Waals surface area (Å²) >= 11 is 0. The molecule has 0 unspecified atom stereocenters. The van der Waals surface area contributed by atoms with E-state index in [9.17, 15) is 9.59 Å². The van der Waals surface area contributed by atoms with Crippen LogP contribution in [0.3, 0.4) is 0 Å². The number of para-hydroxylation sites is 1. The first-order valence-electron chi connectivity index (χ1n) is 11.4. The monoisotopic (exact) mass is 431 g/mol. The van der Waals surface area contributed by atoms with Crippen LogP contribution in [0.1, 0.15) is 22.3 Å². The number of imide groups is 1. The van der Waals surface area contributed by atoms with Gasteiger partial charge in [0.1, 0.15) is 5.70 Å². The molecule has 6 nitrogen and oxygen atoms in total. The lowest BCUT2D eigenvalue weighted by Gasteiger charge is -2.28. The fourth-order valence-electron chi connectivity index (χ4n) is 4.99. The first-order chi connectivity index (χ1) is 15.5. The van der Waals surface area contributed by atoms with Gasteiger partial charge < -0.3 is 9.64 Å². The topological polar surface area (TPSA) is 53.1 Å². The molecular weight excluding hydrogens is 402 g/mol. The van der Waals surface area contributed by atoms with Crippen LogP contribution in [-0.4, -0.2) is 67.6 Å². The van der Waals surface area contributed by atoms with E-state index in [0.29, 0.717) is 44.1 Å². The zero-order valence-corrected chi connectivity index (χ0v) is 18.8. The molecule has 3 heterocycles. The normalized spacial score (nSPS) is 19.3. The highest BCUT2D eigenvalue weighted by molar-refractivity contribution is 6.37. The molecule has 32 heavy (non-hydrogen) atoms. The maximum Gasteiger partial charge on any atom is 0.278 e. The first-order valence-corrected chi connectivity index (χ1v) is 11.4. The minimum atomic E-state index is -0.186. The highest BCUT2D eigenvalue weighted by atomic mass is 16.5. The Morgan fingerprint density at radius 1 is 0.906 bits per heavy atom. The summed E-state index contributed by atoms with van der Waals surface area (Å²) in [5.74, 6) is -0.371. The van der Waals surface area contributed by atoms with Gasteiger partial charge in [0.15, 0.2) is 0 Å². The third kappa shape index (κ3) is 3.63. The summed E-state index contributed by atoms with van der Waals surface area (Å²) in [6.45, 7) is 8.89. The van der Waals surface area contributed by atoms with Gasteiger partial charge in [-0.05, 0) is 43.0 Å². The number of hydrogen-bond acceptors (Lipinski definition) is 5. The number of rotatable bonds is 5. The Bertz CT molecular complexity index is 1100. The Labute approximate surface area is 189 Å². The second kappa shape index (κ2) is 8.52. The Kier molecular flexibility index (Phi) is 5.57. The largest absolute Gasteiger partial charge is 0.379 e. The SMILES string of the molecule is Cc1ccc(C2=C(N3CCc4ccccc43)C(=O)N(CCN3CCOCC3)C2=O)c(C)c1. The number of carbonyl (C=O) groups excluding carboxylic acids is 2. The molecular formula is C26H29N3O3. The standard InChI is InChI=1S/C26H29N3O3/c1-18-7-8-21(19(2)17-18)23-24(28-10-9-20-5-3-4-6-22(20)28)26(31)29(25(23)30)12-11-27-13-15-32-16-14-27/h3-8,17H,9-16H2,1-2H3. The molecule has 0 radical (unpaired) electrons.